The van der Waals surface area contributed by atoms with Crippen molar-refractivity contribution in [2.24, 2.45) is 0 Å². The van der Waals surface area contributed by atoms with Crippen LogP contribution in [0.25, 0.3) is 33.5 Å². The van der Waals surface area contributed by atoms with Gasteiger partial charge in [0.2, 0.25) is 5.95 Å². The number of rotatable bonds is 7. The van der Waals surface area contributed by atoms with Gasteiger partial charge in [-0.2, -0.15) is 31.6 Å². The number of alkyl halides is 3. The predicted octanol–water partition coefficient (Wildman–Crippen LogP) is 4.01. The van der Waals surface area contributed by atoms with E-state index in [9.17, 15) is 31.6 Å². The molecule has 0 bridgehead atoms. The predicted molar refractivity (Wildman–Crippen MR) is 143 cm³/mol. The highest BCUT2D eigenvalue weighted by molar-refractivity contribution is 7.88. The van der Waals surface area contributed by atoms with Crippen molar-refractivity contribution in [3.63, 3.8) is 0 Å². The van der Waals surface area contributed by atoms with Crippen molar-refractivity contribution < 1.29 is 35.8 Å². The van der Waals surface area contributed by atoms with Gasteiger partial charge in [-0.3, -0.25) is 0 Å². The van der Waals surface area contributed by atoms with Gasteiger partial charge in [-0.1, -0.05) is 78.9 Å². The molecule has 5 rings (SSSR count). The molecule has 14 heteroatoms. The number of benzene rings is 4. The van der Waals surface area contributed by atoms with E-state index in [1.165, 1.54) is 12.1 Å². The molecular formula is C26H18BF3N4O5S. The Labute approximate surface area is 226 Å². The zero-order chi connectivity index (χ0) is 28.5. The van der Waals surface area contributed by atoms with Crippen molar-refractivity contribution in [2.75, 3.05) is 5.32 Å². The lowest BCUT2D eigenvalue weighted by Crippen LogP contribution is -2.36. The van der Waals surface area contributed by atoms with E-state index in [0.29, 0.717) is 28.2 Å². The van der Waals surface area contributed by atoms with Crippen LogP contribution in [-0.2, 0) is 10.1 Å². The maximum Gasteiger partial charge on any atom is 0.534 e. The van der Waals surface area contributed by atoms with Gasteiger partial charge in [0.1, 0.15) is 5.75 Å². The zero-order valence-corrected chi connectivity index (χ0v) is 21.1. The standard InChI is InChI=1S/C26H18BF3N4O5S/c28-26(29,30)40(37,38)39-20-15-14-16-12-7-13-19(21(16)22(20)27(35)36)31-25-33-23(17-8-3-1-4-9-17)32-24(34-25)18-10-5-2-6-11-18/h1-15,35-36H,(H,31,32,33,34). The number of nitrogens with one attached hydrogen (secondary N) is 1. The highest BCUT2D eigenvalue weighted by Gasteiger charge is 2.49. The Kier molecular flexibility index (Phi) is 7.15. The first-order valence-electron chi connectivity index (χ1n) is 11.6. The van der Waals surface area contributed by atoms with Gasteiger partial charge in [0, 0.05) is 27.7 Å². The van der Waals surface area contributed by atoms with E-state index >= 15 is 0 Å². The molecule has 5 aromatic rings. The number of fused-ring (bicyclic) bond motifs is 1. The summed E-state index contributed by atoms with van der Waals surface area (Å²) in [4.78, 5) is 13.5. The van der Waals surface area contributed by atoms with Gasteiger partial charge in [-0.15, -0.1) is 0 Å². The van der Waals surface area contributed by atoms with Gasteiger partial charge < -0.3 is 19.5 Å². The second-order valence-corrected chi connectivity index (χ2v) is 9.94. The summed E-state index contributed by atoms with van der Waals surface area (Å²) in [5.74, 6) is -0.229. The minimum absolute atomic E-state index is 0.0182. The highest BCUT2D eigenvalue weighted by atomic mass is 32.2. The van der Waals surface area contributed by atoms with E-state index in [1.54, 1.807) is 36.4 Å². The van der Waals surface area contributed by atoms with E-state index in [2.05, 4.69) is 24.5 Å². The summed E-state index contributed by atoms with van der Waals surface area (Å²) in [6, 6.07) is 24.9. The van der Waals surface area contributed by atoms with Crippen molar-refractivity contribution >= 4 is 45.1 Å². The summed E-state index contributed by atoms with van der Waals surface area (Å²) in [6.07, 6.45) is 0. The van der Waals surface area contributed by atoms with Crippen molar-refractivity contribution in [3.8, 4) is 28.5 Å². The molecule has 0 unspecified atom stereocenters. The second kappa shape index (κ2) is 10.6. The average molecular weight is 566 g/mol. The lowest BCUT2D eigenvalue weighted by atomic mass is 9.76. The molecule has 0 atom stereocenters. The Bertz CT molecular complexity index is 1730. The minimum atomic E-state index is -6.10. The molecule has 3 N–H and O–H groups in total. The molecule has 202 valence electrons. The summed E-state index contributed by atoms with van der Waals surface area (Å²) in [5, 5.41) is 23.5. The third-order valence-corrected chi connectivity index (χ3v) is 6.70. The lowest BCUT2D eigenvalue weighted by molar-refractivity contribution is -0.0499. The van der Waals surface area contributed by atoms with Gasteiger partial charge in [0.25, 0.3) is 0 Å². The Morgan fingerprint density at radius 2 is 1.32 bits per heavy atom. The topological polar surface area (TPSA) is 135 Å². The van der Waals surface area contributed by atoms with Gasteiger partial charge >= 0.3 is 22.7 Å². The fraction of sp³-hybridized carbons (Fsp3) is 0.0385. The SMILES string of the molecule is O=S(=O)(Oc1ccc2cccc(Nc3nc(-c4ccccc4)nc(-c4ccccc4)n3)c2c1B(O)O)C(F)(F)F. The van der Waals surface area contributed by atoms with Gasteiger partial charge in [-0.25, -0.2) is 4.98 Å². The van der Waals surface area contributed by atoms with Crippen molar-refractivity contribution in [1.82, 2.24) is 15.0 Å². The molecular weight excluding hydrogens is 548 g/mol. The molecule has 0 fully saturated rings. The number of aromatic nitrogens is 3. The fourth-order valence-corrected chi connectivity index (χ4v) is 4.45. The number of anilines is 2. The molecule has 4 aromatic carbocycles. The first-order chi connectivity index (χ1) is 19.0. The molecule has 0 aliphatic heterocycles. The van der Waals surface area contributed by atoms with E-state index < -0.39 is 34.0 Å². The van der Waals surface area contributed by atoms with Crippen LogP contribution in [0.2, 0.25) is 0 Å². The van der Waals surface area contributed by atoms with Crippen LogP contribution in [0, 0.1) is 0 Å². The Balaban J connectivity index is 1.67. The Morgan fingerprint density at radius 3 is 1.85 bits per heavy atom. The fourth-order valence-electron chi connectivity index (χ4n) is 3.97. The molecule has 0 radical (unpaired) electrons. The third kappa shape index (κ3) is 5.45. The van der Waals surface area contributed by atoms with Crippen LogP contribution in [0.4, 0.5) is 24.8 Å². The van der Waals surface area contributed by atoms with Gasteiger partial charge in [0.15, 0.2) is 11.6 Å². The quantitative estimate of drug-likeness (QED) is 0.152. The normalized spacial score (nSPS) is 11.8. The van der Waals surface area contributed by atoms with E-state index in [0.717, 1.165) is 6.07 Å². The molecule has 40 heavy (non-hydrogen) atoms. The third-order valence-electron chi connectivity index (χ3n) is 5.73. The molecule has 0 spiro atoms. The molecule has 1 heterocycles. The summed E-state index contributed by atoms with van der Waals surface area (Å²) in [6.45, 7) is 0. The number of halogens is 3. The maximum atomic E-state index is 13.0. The monoisotopic (exact) mass is 566 g/mol. The number of nitrogens with zero attached hydrogens (tertiary/aromatic N) is 3. The highest BCUT2D eigenvalue weighted by Crippen LogP contribution is 2.32. The molecule has 9 nitrogen and oxygen atoms in total. The largest absolute Gasteiger partial charge is 0.534 e. The van der Waals surface area contributed by atoms with Gasteiger partial charge in [0.05, 0.1) is 0 Å². The average Bonchev–Trinajstić information content (AvgIpc) is 2.93. The summed E-state index contributed by atoms with van der Waals surface area (Å²) in [7, 11) is -8.50. The minimum Gasteiger partial charge on any atom is -0.423 e. The molecule has 0 saturated carbocycles. The van der Waals surface area contributed by atoms with E-state index in [1.807, 2.05) is 36.4 Å². The lowest BCUT2D eigenvalue weighted by Gasteiger charge is -2.17. The van der Waals surface area contributed by atoms with Crippen LogP contribution in [0.5, 0.6) is 5.75 Å². The Hall–Kier alpha value is -4.53. The van der Waals surface area contributed by atoms with Crippen molar-refractivity contribution in [1.29, 1.82) is 0 Å². The molecule has 0 aliphatic carbocycles. The number of hydrogen-bond acceptors (Lipinski definition) is 9. The first-order valence-corrected chi connectivity index (χ1v) is 13.0. The van der Waals surface area contributed by atoms with Crippen LogP contribution >= 0.6 is 0 Å². The molecule has 0 saturated heterocycles. The second-order valence-electron chi connectivity index (χ2n) is 8.40. The smallest absolute Gasteiger partial charge is 0.423 e. The van der Waals surface area contributed by atoms with E-state index in [4.69, 9.17) is 0 Å². The van der Waals surface area contributed by atoms with Crippen LogP contribution < -0.4 is 15.0 Å². The van der Waals surface area contributed by atoms with E-state index in [-0.39, 0.29) is 17.0 Å². The summed E-state index contributed by atoms with van der Waals surface area (Å²) < 4.78 is 66.7. The molecule has 1 aromatic heterocycles. The molecule has 0 amide bonds. The van der Waals surface area contributed by atoms with Gasteiger partial charge in [-0.05, 0) is 17.5 Å². The summed E-state index contributed by atoms with van der Waals surface area (Å²) >= 11 is 0. The van der Waals surface area contributed by atoms with Crippen molar-refractivity contribution in [3.05, 3.63) is 91.0 Å². The first kappa shape index (κ1) is 27.1. The number of hydrogen-bond donors (Lipinski definition) is 3. The Morgan fingerprint density at radius 1 is 0.750 bits per heavy atom. The maximum absolute atomic E-state index is 13.0. The van der Waals surface area contributed by atoms with Crippen LogP contribution in [0.1, 0.15) is 0 Å². The summed E-state index contributed by atoms with van der Waals surface area (Å²) in [5.41, 5.74) is -4.83. The van der Waals surface area contributed by atoms with Crippen molar-refractivity contribution in [2.45, 2.75) is 5.51 Å². The zero-order valence-electron chi connectivity index (χ0n) is 20.2. The van der Waals surface area contributed by atoms with Crippen LogP contribution in [-0.4, -0.2) is 46.0 Å². The van der Waals surface area contributed by atoms with Crippen LogP contribution in [0.15, 0.2) is 91.0 Å². The van der Waals surface area contributed by atoms with Crippen LogP contribution in [0.3, 0.4) is 0 Å². The molecule has 0 aliphatic rings.